The molecule has 0 aliphatic heterocycles. The van der Waals surface area contributed by atoms with E-state index in [9.17, 15) is 12.8 Å². The molecule has 0 bridgehead atoms. The molecule has 1 aromatic rings. The van der Waals surface area contributed by atoms with Gasteiger partial charge in [-0.3, -0.25) is 0 Å². The Kier molecular flexibility index (Phi) is 3.67. The van der Waals surface area contributed by atoms with Crippen LogP contribution in [0.4, 0.5) is 4.39 Å². The van der Waals surface area contributed by atoms with E-state index in [0.29, 0.717) is 12.8 Å². The van der Waals surface area contributed by atoms with Gasteiger partial charge in [0.1, 0.15) is 11.9 Å². The average molecular weight is 267 g/mol. The fraction of sp³-hybridized carbons (Fsp3) is 0.462. The molecule has 18 heavy (non-hydrogen) atoms. The van der Waals surface area contributed by atoms with Crippen molar-refractivity contribution >= 4 is 9.84 Å². The normalized spacial score (nSPS) is 16.7. The Morgan fingerprint density at radius 1 is 1.33 bits per heavy atom. The largest absolute Gasteiger partial charge is 0.228 e. The molecule has 1 aromatic carbocycles. The predicted molar refractivity (Wildman–Crippen MR) is 66.0 cm³/mol. The predicted octanol–water partition coefficient (Wildman–Crippen LogP) is 2.55. The van der Waals surface area contributed by atoms with Crippen LogP contribution in [0, 0.1) is 17.1 Å². The van der Waals surface area contributed by atoms with Gasteiger partial charge in [0.2, 0.25) is 0 Å². The van der Waals surface area contributed by atoms with E-state index in [1.54, 1.807) is 6.07 Å². The van der Waals surface area contributed by atoms with Gasteiger partial charge in [-0.25, -0.2) is 12.8 Å². The van der Waals surface area contributed by atoms with Crippen LogP contribution in [0.2, 0.25) is 0 Å². The number of nitrogens with zero attached hydrogens (tertiary/aromatic N) is 1. The van der Waals surface area contributed by atoms with E-state index in [-0.39, 0.29) is 22.1 Å². The highest BCUT2D eigenvalue weighted by Gasteiger charge is 2.29. The molecule has 1 fully saturated rings. The van der Waals surface area contributed by atoms with Crippen LogP contribution < -0.4 is 0 Å². The highest BCUT2D eigenvalue weighted by atomic mass is 32.2. The third-order valence-corrected chi connectivity index (χ3v) is 5.57. The summed E-state index contributed by atoms with van der Waals surface area (Å²) in [6.45, 7) is 0. The third-order valence-electron chi connectivity index (χ3n) is 3.37. The number of hydrogen-bond acceptors (Lipinski definition) is 3. The van der Waals surface area contributed by atoms with Gasteiger partial charge in [-0.2, -0.15) is 5.26 Å². The van der Waals surface area contributed by atoms with E-state index in [2.05, 4.69) is 0 Å². The summed E-state index contributed by atoms with van der Waals surface area (Å²) < 4.78 is 38.0. The van der Waals surface area contributed by atoms with Crippen LogP contribution in [-0.2, 0) is 15.6 Å². The van der Waals surface area contributed by atoms with Crippen LogP contribution in [0.5, 0.6) is 0 Å². The van der Waals surface area contributed by atoms with E-state index >= 15 is 0 Å². The Labute approximate surface area is 106 Å². The maximum atomic E-state index is 13.8. The average Bonchev–Trinajstić information content (AvgIpc) is 2.86. The lowest BCUT2D eigenvalue weighted by atomic mass is 10.1. The molecule has 1 aliphatic rings. The minimum absolute atomic E-state index is 0.0981. The monoisotopic (exact) mass is 267 g/mol. The highest BCUT2D eigenvalue weighted by Crippen LogP contribution is 2.28. The summed E-state index contributed by atoms with van der Waals surface area (Å²) in [7, 11) is -3.31. The van der Waals surface area contributed by atoms with E-state index in [4.69, 9.17) is 5.26 Å². The van der Waals surface area contributed by atoms with Gasteiger partial charge in [0.15, 0.2) is 9.84 Å². The van der Waals surface area contributed by atoms with Crippen molar-refractivity contribution in [2.24, 2.45) is 0 Å². The van der Waals surface area contributed by atoms with Gasteiger partial charge in [-0.05, 0) is 18.9 Å². The molecule has 0 unspecified atom stereocenters. The zero-order valence-electron chi connectivity index (χ0n) is 9.89. The Morgan fingerprint density at radius 3 is 2.61 bits per heavy atom. The lowest BCUT2D eigenvalue weighted by Crippen LogP contribution is -2.20. The molecule has 3 nitrogen and oxygen atoms in total. The summed E-state index contributed by atoms with van der Waals surface area (Å²) >= 11 is 0. The first-order chi connectivity index (χ1) is 8.54. The Hall–Kier alpha value is -1.41. The minimum atomic E-state index is -3.31. The number of sulfone groups is 1. The van der Waals surface area contributed by atoms with Crippen molar-refractivity contribution in [3.63, 3.8) is 0 Å². The lowest BCUT2D eigenvalue weighted by molar-refractivity contribution is 0.572. The molecule has 1 saturated carbocycles. The van der Waals surface area contributed by atoms with Crippen LogP contribution >= 0.6 is 0 Å². The fourth-order valence-electron chi connectivity index (χ4n) is 2.36. The van der Waals surface area contributed by atoms with Crippen LogP contribution in [-0.4, -0.2) is 13.7 Å². The maximum Gasteiger partial charge on any atom is 0.157 e. The number of hydrogen-bond donors (Lipinski definition) is 0. The Morgan fingerprint density at radius 2 is 2.00 bits per heavy atom. The highest BCUT2D eigenvalue weighted by molar-refractivity contribution is 7.91. The number of halogens is 1. The van der Waals surface area contributed by atoms with Crippen molar-refractivity contribution in [3.05, 3.63) is 35.1 Å². The quantitative estimate of drug-likeness (QED) is 0.845. The molecule has 0 radical (unpaired) electrons. The summed E-state index contributed by atoms with van der Waals surface area (Å²) in [4.78, 5) is 0. The lowest BCUT2D eigenvalue weighted by Gasteiger charge is -2.11. The number of nitriles is 1. The Balaban J connectivity index is 2.27. The van der Waals surface area contributed by atoms with Crippen molar-refractivity contribution in [1.29, 1.82) is 5.26 Å². The van der Waals surface area contributed by atoms with Crippen molar-refractivity contribution in [2.45, 2.75) is 36.7 Å². The van der Waals surface area contributed by atoms with Crippen molar-refractivity contribution in [1.82, 2.24) is 0 Å². The van der Waals surface area contributed by atoms with Crippen LogP contribution in [0.15, 0.2) is 18.2 Å². The molecule has 0 atom stereocenters. The summed E-state index contributed by atoms with van der Waals surface area (Å²) in [6.07, 6.45) is 3.18. The summed E-state index contributed by atoms with van der Waals surface area (Å²) in [5.74, 6) is -1.01. The topological polar surface area (TPSA) is 57.9 Å². The molecule has 2 rings (SSSR count). The molecule has 1 aliphatic carbocycles. The zero-order valence-corrected chi connectivity index (χ0v) is 10.7. The molecular weight excluding hydrogens is 253 g/mol. The second kappa shape index (κ2) is 5.07. The van der Waals surface area contributed by atoms with Crippen molar-refractivity contribution < 1.29 is 12.8 Å². The Bertz CT molecular complexity index is 583. The first-order valence-electron chi connectivity index (χ1n) is 5.93. The van der Waals surface area contributed by atoms with Gasteiger partial charge in [-0.15, -0.1) is 0 Å². The first-order valence-corrected chi connectivity index (χ1v) is 7.65. The zero-order chi connectivity index (χ0) is 13.2. The first kappa shape index (κ1) is 13.0. The molecule has 0 N–H and O–H groups in total. The molecule has 0 aromatic heterocycles. The molecular formula is C13H14FNO2S. The summed E-state index contributed by atoms with van der Waals surface area (Å²) in [5.41, 5.74) is -0.00456. The SMILES string of the molecule is N#Cc1cccc(CS(=O)(=O)C2CCCC2)c1F. The van der Waals surface area contributed by atoms with Gasteiger partial charge in [0.25, 0.3) is 0 Å². The van der Waals surface area contributed by atoms with Crippen molar-refractivity contribution in [2.75, 3.05) is 0 Å². The van der Waals surface area contributed by atoms with Gasteiger partial charge in [-0.1, -0.05) is 25.0 Å². The summed E-state index contributed by atoms with van der Waals surface area (Å²) in [5, 5.41) is 8.37. The number of rotatable bonds is 3. The molecule has 96 valence electrons. The van der Waals surface area contributed by atoms with Gasteiger partial charge in [0, 0.05) is 5.56 Å². The smallest absolute Gasteiger partial charge is 0.157 e. The molecule has 0 spiro atoms. The summed E-state index contributed by atoms with van der Waals surface area (Å²) in [6, 6.07) is 6.02. The van der Waals surface area contributed by atoms with E-state index in [1.807, 2.05) is 0 Å². The standard InChI is InChI=1S/C13H14FNO2S/c14-13-10(8-15)4-3-5-11(13)9-18(16,17)12-6-1-2-7-12/h3-5,12H,1-2,6-7,9H2. The van der Waals surface area contributed by atoms with Gasteiger partial charge >= 0.3 is 0 Å². The molecule has 5 heteroatoms. The van der Waals surface area contributed by atoms with Crippen molar-refractivity contribution in [3.8, 4) is 6.07 Å². The molecule has 0 heterocycles. The molecule has 0 amide bonds. The van der Waals surface area contributed by atoms with Crippen LogP contribution in [0.3, 0.4) is 0 Å². The number of benzene rings is 1. The second-order valence-corrected chi connectivity index (χ2v) is 6.89. The maximum absolute atomic E-state index is 13.8. The van der Waals surface area contributed by atoms with E-state index in [1.165, 1.54) is 18.2 Å². The second-order valence-electron chi connectivity index (χ2n) is 4.60. The minimum Gasteiger partial charge on any atom is -0.228 e. The van der Waals surface area contributed by atoms with Crippen LogP contribution in [0.1, 0.15) is 36.8 Å². The van der Waals surface area contributed by atoms with Gasteiger partial charge in [0.05, 0.1) is 16.6 Å². The fourth-order valence-corrected chi connectivity index (χ4v) is 4.30. The van der Waals surface area contributed by atoms with E-state index < -0.39 is 15.7 Å². The van der Waals surface area contributed by atoms with Gasteiger partial charge < -0.3 is 0 Å². The van der Waals surface area contributed by atoms with Crippen LogP contribution in [0.25, 0.3) is 0 Å². The van der Waals surface area contributed by atoms with E-state index in [0.717, 1.165) is 12.8 Å². The molecule has 0 saturated heterocycles. The third kappa shape index (κ3) is 2.54.